The molecule has 1 aliphatic heterocycles. The Morgan fingerprint density at radius 2 is 2.11 bits per heavy atom. The van der Waals surface area contributed by atoms with Crippen molar-refractivity contribution in [2.45, 2.75) is 44.7 Å². The van der Waals surface area contributed by atoms with Crippen LogP contribution < -0.4 is 5.32 Å². The molecule has 106 valence electrons. The number of thiophene rings is 1. The second-order valence-corrected chi connectivity index (χ2v) is 7.52. The summed E-state index contributed by atoms with van der Waals surface area (Å²) in [7, 11) is 0. The van der Waals surface area contributed by atoms with Gasteiger partial charge in [0.15, 0.2) is 0 Å². The van der Waals surface area contributed by atoms with Crippen LogP contribution >= 0.6 is 22.9 Å². The van der Waals surface area contributed by atoms with Crippen LogP contribution in [0.3, 0.4) is 0 Å². The molecule has 1 aromatic rings. The number of nitrogens with zero attached hydrogens (tertiary/aromatic N) is 1. The molecule has 19 heavy (non-hydrogen) atoms. The molecule has 0 amide bonds. The fraction of sp³-hybridized carbons (Fsp3) is 0.733. The summed E-state index contributed by atoms with van der Waals surface area (Å²) in [5, 5.41) is 5.69. The second kappa shape index (κ2) is 6.13. The summed E-state index contributed by atoms with van der Waals surface area (Å²) >= 11 is 7.75. The molecule has 1 N–H and O–H groups in total. The molecule has 1 atom stereocenters. The second-order valence-electron chi connectivity index (χ2n) is 5.98. The van der Waals surface area contributed by atoms with E-state index >= 15 is 0 Å². The average molecular weight is 299 g/mol. The van der Waals surface area contributed by atoms with Gasteiger partial charge in [-0.3, -0.25) is 4.90 Å². The van der Waals surface area contributed by atoms with E-state index in [2.05, 4.69) is 28.6 Å². The predicted molar refractivity (Wildman–Crippen MR) is 83.1 cm³/mol. The molecule has 4 heteroatoms. The number of hydrogen-bond acceptors (Lipinski definition) is 3. The summed E-state index contributed by atoms with van der Waals surface area (Å²) in [5.74, 6) is 0.874. The highest BCUT2D eigenvalue weighted by Gasteiger charge is 2.34. The molecule has 1 unspecified atom stereocenters. The van der Waals surface area contributed by atoms with E-state index in [1.807, 2.05) is 0 Å². The smallest absolute Gasteiger partial charge is 0.0931 e. The third-order valence-corrected chi connectivity index (χ3v) is 5.62. The van der Waals surface area contributed by atoms with Crippen molar-refractivity contribution in [2.75, 3.05) is 19.6 Å². The molecule has 1 aliphatic carbocycles. The molecule has 2 fully saturated rings. The quantitative estimate of drug-likeness (QED) is 0.886. The first-order chi connectivity index (χ1) is 9.24. The molecule has 0 aromatic carbocycles. The van der Waals surface area contributed by atoms with Crippen LogP contribution in [0.25, 0.3) is 0 Å². The summed E-state index contributed by atoms with van der Waals surface area (Å²) in [6, 6.07) is 3.49. The first-order valence-electron chi connectivity index (χ1n) is 7.44. The molecule has 0 bridgehead atoms. The van der Waals surface area contributed by atoms with Crippen molar-refractivity contribution in [2.24, 2.45) is 5.92 Å². The van der Waals surface area contributed by atoms with Crippen LogP contribution in [0.15, 0.2) is 11.4 Å². The number of nitrogens with one attached hydrogen (secondary N) is 1. The molecule has 0 radical (unpaired) electrons. The highest BCUT2D eigenvalue weighted by Crippen LogP contribution is 2.37. The minimum absolute atomic E-state index is 0.520. The molecule has 2 heterocycles. The summed E-state index contributed by atoms with van der Waals surface area (Å²) in [6.07, 6.45) is 5.43. The van der Waals surface area contributed by atoms with Crippen molar-refractivity contribution in [1.29, 1.82) is 0 Å². The Balaban J connectivity index is 1.66. The van der Waals surface area contributed by atoms with Gasteiger partial charge in [-0.2, -0.15) is 0 Å². The zero-order valence-corrected chi connectivity index (χ0v) is 13.1. The monoisotopic (exact) mass is 298 g/mol. The fourth-order valence-electron chi connectivity index (χ4n) is 3.13. The number of hydrogen-bond donors (Lipinski definition) is 1. The van der Waals surface area contributed by atoms with E-state index in [1.165, 1.54) is 50.9 Å². The SMILES string of the molecule is CC(c1csc(Cl)c1)N(CC1CCNCC1)C1CC1. The lowest BCUT2D eigenvalue weighted by molar-refractivity contribution is 0.152. The van der Waals surface area contributed by atoms with Crippen LogP contribution in [0, 0.1) is 5.92 Å². The van der Waals surface area contributed by atoms with E-state index in [-0.39, 0.29) is 0 Å². The molecule has 2 nitrogen and oxygen atoms in total. The molecule has 1 aromatic heterocycles. The van der Waals surface area contributed by atoms with Crippen LogP contribution in [-0.2, 0) is 0 Å². The molecule has 3 rings (SSSR count). The van der Waals surface area contributed by atoms with Gasteiger partial charge in [0.05, 0.1) is 4.34 Å². The normalized spacial score (nSPS) is 22.9. The lowest BCUT2D eigenvalue weighted by Crippen LogP contribution is -2.38. The van der Waals surface area contributed by atoms with E-state index in [0.717, 1.165) is 16.3 Å². The third kappa shape index (κ3) is 3.52. The lowest BCUT2D eigenvalue weighted by atomic mass is 9.96. The topological polar surface area (TPSA) is 15.3 Å². The summed E-state index contributed by atoms with van der Waals surface area (Å²) in [5.41, 5.74) is 1.40. The van der Waals surface area contributed by atoms with Gasteiger partial charge in [0.2, 0.25) is 0 Å². The number of piperidine rings is 1. The molecule has 0 spiro atoms. The van der Waals surface area contributed by atoms with Gasteiger partial charge in [0.1, 0.15) is 0 Å². The van der Waals surface area contributed by atoms with E-state index < -0.39 is 0 Å². The fourth-order valence-corrected chi connectivity index (χ4v) is 4.10. The molecule has 2 aliphatic rings. The first-order valence-corrected chi connectivity index (χ1v) is 8.70. The van der Waals surface area contributed by atoms with Gasteiger partial charge in [-0.25, -0.2) is 0 Å². The Bertz CT molecular complexity index is 410. The standard InChI is InChI=1S/C15H23ClN2S/c1-11(13-8-15(16)19-10-13)18(14-2-3-14)9-12-4-6-17-7-5-12/h8,10-12,14,17H,2-7,9H2,1H3. The van der Waals surface area contributed by atoms with Crippen LogP contribution in [0.5, 0.6) is 0 Å². The Hall–Kier alpha value is -0.0900. The zero-order valence-electron chi connectivity index (χ0n) is 11.6. The summed E-state index contributed by atoms with van der Waals surface area (Å²) < 4.78 is 0.916. The average Bonchev–Trinajstić information content (AvgIpc) is 3.18. The predicted octanol–water partition coefficient (Wildman–Crippen LogP) is 3.93. The molecule has 1 saturated heterocycles. The lowest BCUT2D eigenvalue weighted by Gasteiger charge is -2.34. The van der Waals surface area contributed by atoms with E-state index in [0.29, 0.717) is 6.04 Å². The van der Waals surface area contributed by atoms with Crippen LogP contribution in [0.2, 0.25) is 4.34 Å². The van der Waals surface area contributed by atoms with Crippen molar-refractivity contribution in [1.82, 2.24) is 10.2 Å². The highest BCUT2D eigenvalue weighted by atomic mass is 35.5. The highest BCUT2D eigenvalue weighted by molar-refractivity contribution is 7.14. The maximum atomic E-state index is 6.09. The maximum Gasteiger partial charge on any atom is 0.0931 e. The van der Waals surface area contributed by atoms with Gasteiger partial charge in [-0.1, -0.05) is 11.6 Å². The summed E-state index contributed by atoms with van der Waals surface area (Å²) in [4.78, 5) is 2.73. The maximum absolute atomic E-state index is 6.09. The Labute approximate surface area is 125 Å². The molecular weight excluding hydrogens is 276 g/mol. The van der Waals surface area contributed by atoms with Gasteiger partial charge < -0.3 is 5.32 Å². The van der Waals surface area contributed by atoms with Gasteiger partial charge in [0, 0.05) is 18.6 Å². The zero-order chi connectivity index (χ0) is 13.2. The van der Waals surface area contributed by atoms with Crippen molar-refractivity contribution in [3.8, 4) is 0 Å². The van der Waals surface area contributed by atoms with Gasteiger partial charge in [-0.05, 0) is 68.6 Å². The van der Waals surface area contributed by atoms with Crippen LogP contribution in [0.1, 0.15) is 44.2 Å². The van der Waals surface area contributed by atoms with Crippen molar-refractivity contribution < 1.29 is 0 Å². The number of rotatable bonds is 5. The van der Waals surface area contributed by atoms with Crippen molar-refractivity contribution >= 4 is 22.9 Å². The van der Waals surface area contributed by atoms with Gasteiger partial charge >= 0.3 is 0 Å². The molecular formula is C15H23ClN2S. The third-order valence-electron chi connectivity index (χ3n) is 4.51. The van der Waals surface area contributed by atoms with E-state index in [4.69, 9.17) is 11.6 Å². The Kier molecular flexibility index (Phi) is 4.47. The van der Waals surface area contributed by atoms with Crippen LogP contribution in [0.4, 0.5) is 0 Å². The first kappa shape index (κ1) is 13.9. The van der Waals surface area contributed by atoms with Crippen molar-refractivity contribution in [3.63, 3.8) is 0 Å². The minimum atomic E-state index is 0.520. The minimum Gasteiger partial charge on any atom is -0.317 e. The van der Waals surface area contributed by atoms with Gasteiger partial charge in [0.25, 0.3) is 0 Å². The Morgan fingerprint density at radius 3 is 2.68 bits per heavy atom. The van der Waals surface area contributed by atoms with Gasteiger partial charge in [-0.15, -0.1) is 11.3 Å². The number of halogens is 1. The molecule has 1 saturated carbocycles. The van der Waals surface area contributed by atoms with E-state index in [1.54, 1.807) is 11.3 Å². The van der Waals surface area contributed by atoms with E-state index in [9.17, 15) is 0 Å². The van der Waals surface area contributed by atoms with Crippen LogP contribution in [-0.4, -0.2) is 30.6 Å². The van der Waals surface area contributed by atoms with Crippen molar-refractivity contribution in [3.05, 3.63) is 21.3 Å². The summed E-state index contributed by atoms with van der Waals surface area (Å²) in [6.45, 7) is 6.00. The largest absolute Gasteiger partial charge is 0.317 e. The Morgan fingerprint density at radius 1 is 1.37 bits per heavy atom.